The summed E-state index contributed by atoms with van der Waals surface area (Å²) < 4.78 is 0. The van der Waals surface area contributed by atoms with Crippen molar-refractivity contribution in [1.82, 2.24) is 4.90 Å². The van der Waals surface area contributed by atoms with E-state index in [4.69, 9.17) is 0 Å². The zero-order valence-electron chi connectivity index (χ0n) is 17.6. The van der Waals surface area contributed by atoms with E-state index in [0.717, 1.165) is 16.9 Å². The zero-order chi connectivity index (χ0) is 21.7. The number of thioether (sulfide) groups is 1. The van der Waals surface area contributed by atoms with Crippen molar-refractivity contribution in [3.8, 4) is 0 Å². The lowest BCUT2D eigenvalue weighted by molar-refractivity contribution is -0.127. The summed E-state index contributed by atoms with van der Waals surface area (Å²) in [7, 11) is 0. The maximum atomic E-state index is 12.9. The highest BCUT2D eigenvalue weighted by Gasteiger charge is 2.38. The smallest absolute Gasteiger partial charge is 0.242 e. The number of carbonyl (C=O) groups excluding carboxylic acids is 2. The largest absolute Gasteiger partial charge is 0.326 e. The van der Waals surface area contributed by atoms with Gasteiger partial charge in [-0.2, -0.15) is 0 Å². The summed E-state index contributed by atoms with van der Waals surface area (Å²) in [4.78, 5) is 31.7. The molecule has 0 aromatic heterocycles. The lowest BCUT2D eigenvalue weighted by atomic mass is 10.0. The first-order valence-electron chi connectivity index (χ1n) is 10.0. The number of nitrogens with one attached hydrogen (secondary N) is 1. The van der Waals surface area contributed by atoms with Gasteiger partial charge in [0.2, 0.25) is 11.8 Å². The highest BCUT2D eigenvalue weighted by atomic mass is 32.2. The van der Waals surface area contributed by atoms with Gasteiger partial charge >= 0.3 is 0 Å². The average molecular weight is 422 g/mol. The lowest BCUT2D eigenvalue weighted by Gasteiger charge is -2.14. The fourth-order valence-corrected chi connectivity index (χ4v) is 4.31. The summed E-state index contributed by atoms with van der Waals surface area (Å²) in [5, 5.41) is 3.00. The molecule has 5 nitrogen and oxygen atoms in total. The molecule has 1 heterocycles. The van der Waals surface area contributed by atoms with Crippen LogP contribution in [0, 0.1) is 6.92 Å². The van der Waals surface area contributed by atoms with E-state index in [1.54, 1.807) is 11.0 Å². The molecule has 1 N–H and O–H groups in total. The van der Waals surface area contributed by atoms with Crippen LogP contribution in [0.1, 0.15) is 37.3 Å². The van der Waals surface area contributed by atoms with E-state index in [-0.39, 0.29) is 18.2 Å². The first-order valence-corrected chi connectivity index (χ1v) is 10.9. The normalized spacial score (nSPS) is 17.6. The SMILES string of the molecule is C=CCN1C(=O)[C@H](CC(=O)Nc2ccc(C(C)C)cc2)SC1=Nc1ccccc1C. The van der Waals surface area contributed by atoms with Gasteiger partial charge in [0, 0.05) is 18.7 Å². The Bertz CT molecular complexity index is 967. The molecule has 156 valence electrons. The topological polar surface area (TPSA) is 61.8 Å². The van der Waals surface area contributed by atoms with Crippen molar-refractivity contribution in [3.05, 3.63) is 72.3 Å². The second kappa shape index (κ2) is 9.76. The van der Waals surface area contributed by atoms with E-state index in [2.05, 4.69) is 30.7 Å². The molecule has 1 atom stereocenters. The minimum Gasteiger partial charge on any atom is -0.326 e. The number of carbonyl (C=O) groups is 2. The van der Waals surface area contributed by atoms with Crippen molar-refractivity contribution >= 4 is 40.1 Å². The molecule has 2 aromatic carbocycles. The van der Waals surface area contributed by atoms with Gasteiger partial charge in [0.05, 0.1) is 5.69 Å². The molecule has 6 heteroatoms. The number of rotatable bonds is 7. The molecule has 1 fully saturated rings. The molecule has 0 saturated carbocycles. The van der Waals surface area contributed by atoms with Gasteiger partial charge in [-0.3, -0.25) is 14.5 Å². The Morgan fingerprint density at radius 2 is 1.93 bits per heavy atom. The summed E-state index contributed by atoms with van der Waals surface area (Å²) >= 11 is 1.33. The number of hydrogen-bond donors (Lipinski definition) is 1. The molecule has 30 heavy (non-hydrogen) atoms. The molecular formula is C24H27N3O2S. The Labute approximate surface area is 182 Å². The highest BCUT2D eigenvalue weighted by Crippen LogP contribution is 2.32. The minimum absolute atomic E-state index is 0.0931. The second-order valence-electron chi connectivity index (χ2n) is 7.55. The number of anilines is 1. The van der Waals surface area contributed by atoms with Crippen LogP contribution in [-0.4, -0.2) is 33.7 Å². The molecule has 2 amide bonds. The third-order valence-electron chi connectivity index (χ3n) is 4.90. The Kier molecular flexibility index (Phi) is 7.11. The average Bonchev–Trinajstić information content (AvgIpc) is 2.99. The quantitative estimate of drug-likeness (QED) is 0.620. The fourth-order valence-electron chi connectivity index (χ4n) is 3.15. The Morgan fingerprint density at radius 1 is 1.23 bits per heavy atom. The van der Waals surface area contributed by atoms with E-state index in [0.29, 0.717) is 17.6 Å². The number of amidine groups is 1. The molecule has 0 radical (unpaired) electrons. The van der Waals surface area contributed by atoms with Crippen molar-refractivity contribution in [2.75, 3.05) is 11.9 Å². The minimum atomic E-state index is -0.498. The summed E-state index contributed by atoms with van der Waals surface area (Å²) in [6.45, 7) is 10.3. The van der Waals surface area contributed by atoms with Crippen LogP contribution in [0.3, 0.4) is 0 Å². The number of para-hydroxylation sites is 1. The van der Waals surface area contributed by atoms with E-state index in [9.17, 15) is 9.59 Å². The number of aryl methyl sites for hydroxylation is 1. The third kappa shape index (κ3) is 5.19. The number of nitrogens with zero attached hydrogens (tertiary/aromatic N) is 2. The highest BCUT2D eigenvalue weighted by molar-refractivity contribution is 8.15. The van der Waals surface area contributed by atoms with Crippen LogP contribution in [-0.2, 0) is 9.59 Å². The summed E-state index contributed by atoms with van der Waals surface area (Å²) in [6.07, 6.45) is 1.76. The zero-order valence-corrected chi connectivity index (χ0v) is 18.4. The van der Waals surface area contributed by atoms with E-state index in [1.807, 2.05) is 55.5 Å². The number of hydrogen-bond acceptors (Lipinski definition) is 4. The van der Waals surface area contributed by atoms with Crippen molar-refractivity contribution in [3.63, 3.8) is 0 Å². The predicted molar refractivity (Wildman–Crippen MR) is 125 cm³/mol. The number of amides is 2. The molecule has 2 aromatic rings. The van der Waals surface area contributed by atoms with Gasteiger partial charge in [-0.05, 0) is 42.2 Å². The second-order valence-corrected chi connectivity index (χ2v) is 8.72. The first kappa shape index (κ1) is 21.8. The van der Waals surface area contributed by atoms with Crippen molar-refractivity contribution in [2.24, 2.45) is 4.99 Å². The van der Waals surface area contributed by atoms with E-state index < -0.39 is 5.25 Å². The van der Waals surface area contributed by atoms with Crippen LogP contribution in [0.25, 0.3) is 0 Å². The van der Waals surface area contributed by atoms with Crippen LogP contribution in [0.5, 0.6) is 0 Å². The van der Waals surface area contributed by atoms with Crippen LogP contribution in [0.4, 0.5) is 11.4 Å². The maximum Gasteiger partial charge on any atom is 0.242 e. The van der Waals surface area contributed by atoms with Gasteiger partial charge in [-0.1, -0.05) is 62.0 Å². The van der Waals surface area contributed by atoms with Gasteiger partial charge in [-0.15, -0.1) is 6.58 Å². The number of benzene rings is 2. The predicted octanol–water partition coefficient (Wildman–Crippen LogP) is 5.26. The summed E-state index contributed by atoms with van der Waals surface area (Å²) in [5.41, 5.74) is 3.79. The molecule has 1 aliphatic heterocycles. The molecule has 0 aliphatic carbocycles. The van der Waals surface area contributed by atoms with E-state index >= 15 is 0 Å². The Balaban J connectivity index is 1.71. The molecule has 1 aliphatic rings. The molecule has 3 rings (SSSR count). The standard InChI is InChI=1S/C24H27N3O2S/c1-5-14-27-23(29)21(30-24(27)26-20-9-7-6-8-17(20)4)15-22(28)25-19-12-10-18(11-13-19)16(2)3/h5-13,16,21H,1,14-15H2,2-4H3,(H,25,28)/t21-/m0/s1. The first-order chi connectivity index (χ1) is 14.4. The Hall–Kier alpha value is -2.86. The molecular weight excluding hydrogens is 394 g/mol. The molecule has 0 unspecified atom stereocenters. The van der Waals surface area contributed by atoms with Gasteiger partial charge < -0.3 is 5.32 Å². The maximum absolute atomic E-state index is 12.9. The third-order valence-corrected chi connectivity index (χ3v) is 6.07. The van der Waals surface area contributed by atoms with Crippen molar-refractivity contribution in [2.45, 2.75) is 38.4 Å². The van der Waals surface area contributed by atoms with Gasteiger partial charge in [0.25, 0.3) is 0 Å². The number of aliphatic imine (C=N–C) groups is 1. The van der Waals surface area contributed by atoms with Crippen LogP contribution in [0.2, 0.25) is 0 Å². The summed E-state index contributed by atoms with van der Waals surface area (Å²) in [5.74, 6) is 0.135. The monoisotopic (exact) mass is 421 g/mol. The van der Waals surface area contributed by atoms with Crippen molar-refractivity contribution in [1.29, 1.82) is 0 Å². The van der Waals surface area contributed by atoms with Gasteiger partial charge in [0.1, 0.15) is 5.25 Å². The van der Waals surface area contributed by atoms with Crippen LogP contribution < -0.4 is 5.32 Å². The fraction of sp³-hybridized carbons (Fsp3) is 0.292. The van der Waals surface area contributed by atoms with E-state index in [1.165, 1.54) is 17.3 Å². The molecule has 0 spiro atoms. The van der Waals surface area contributed by atoms with Gasteiger partial charge in [0.15, 0.2) is 5.17 Å². The Morgan fingerprint density at radius 3 is 2.57 bits per heavy atom. The lowest BCUT2D eigenvalue weighted by Crippen LogP contribution is -2.33. The van der Waals surface area contributed by atoms with Gasteiger partial charge in [-0.25, -0.2) is 4.99 Å². The van der Waals surface area contributed by atoms with Crippen LogP contribution in [0.15, 0.2) is 66.2 Å². The molecule has 0 bridgehead atoms. The van der Waals surface area contributed by atoms with Crippen molar-refractivity contribution < 1.29 is 9.59 Å². The molecule has 1 saturated heterocycles. The summed E-state index contributed by atoms with van der Waals surface area (Å²) in [6, 6.07) is 15.6. The van der Waals surface area contributed by atoms with Crippen LogP contribution >= 0.6 is 11.8 Å².